The molecule has 0 unspecified atom stereocenters. The van der Waals surface area contributed by atoms with Crippen molar-refractivity contribution in [1.82, 2.24) is 0 Å². The fourth-order valence-corrected chi connectivity index (χ4v) is 3.21. The van der Waals surface area contributed by atoms with E-state index in [1.165, 1.54) is 41.7 Å². The van der Waals surface area contributed by atoms with E-state index in [-0.39, 0.29) is 0 Å². The lowest BCUT2D eigenvalue weighted by Crippen LogP contribution is -2.23. The van der Waals surface area contributed by atoms with Crippen LogP contribution in [0.1, 0.15) is 49.8 Å². The molecule has 0 radical (unpaired) electrons. The van der Waals surface area contributed by atoms with E-state index in [9.17, 15) is 0 Å². The molecule has 0 saturated heterocycles. The second kappa shape index (κ2) is 7.96. The second-order valence-electron chi connectivity index (χ2n) is 6.37. The molecular formula is C17H29NS. The van der Waals surface area contributed by atoms with Crippen molar-refractivity contribution in [1.29, 1.82) is 0 Å². The van der Waals surface area contributed by atoms with Gasteiger partial charge in [0.15, 0.2) is 0 Å². The van der Waals surface area contributed by atoms with Gasteiger partial charge >= 0.3 is 0 Å². The lowest BCUT2D eigenvalue weighted by atomic mass is 9.88. The average Bonchev–Trinajstić information content (AvgIpc) is 2.32. The molecule has 0 aromatic heterocycles. The molecule has 0 bridgehead atoms. The third-order valence-electron chi connectivity index (χ3n) is 3.50. The van der Waals surface area contributed by atoms with E-state index in [0.717, 1.165) is 12.3 Å². The molecule has 0 amide bonds. The Kier molecular flexibility index (Phi) is 6.95. The van der Waals surface area contributed by atoms with Crippen molar-refractivity contribution in [2.24, 2.45) is 11.1 Å². The molecule has 1 rings (SSSR count). The Morgan fingerprint density at radius 2 is 1.68 bits per heavy atom. The van der Waals surface area contributed by atoms with Gasteiger partial charge in [0.2, 0.25) is 0 Å². The van der Waals surface area contributed by atoms with Gasteiger partial charge in [-0.3, -0.25) is 0 Å². The van der Waals surface area contributed by atoms with E-state index in [1.54, 1.807) is 0 Å². The first-order valence-electron chi connectivity index (χ1n) is 7.28. The van der Waals surface area contributed by atoms with Crippen molar-refractivity contribution >= 4 is 11.8 Å². The number of thioether (sulfide) groups is 1. The summed E-state index contributed by atoms with van der Waals surface area (Å²) in [5, 5.41) is 0. The Morgan fingerprint density at radius 1 is 1.05 bits per heavy atom. The van der Waals surface area contributed by atoms with Gasteiger partial charge in [-0.25, -0.2) is 0 Å². The van der Waals surface area contributed by atoms with Crippen LogP contribution < -0.4 is 5.73 Å². The van der Waals surface area contributed by atoms with Gasteiger partial charge in [0.05, 0.1) is 0 Å². The maximum atomic E-state index is 5.75. The van der Waals surface area contributed by atoms with Crippen molar-refractivity contribution in [3.8, 4) is 0 Å². The first-order chi connectivity index (χ1) is 8.93. The Morgan fingerprint density at radius 3 is 2.26 bits per heavy atom. The maximum absolute atomic E-state index is 5.75. The normalized spacial score (nSPS) is 11.8. The Hall–Kier alpha value is -0.470. The molecule has 0 aliphatic heterocycles. The van der Waals surface area contributed by atoms with Crippen LogP contribution in [0.5, 0.6) is 0 Å². The number of rotatable bonds is 8. The van der Waals surface area contributed by atoms with Crippen molar-refractivity contribution in [2.75, 3.05) is 12.3 Å². The van der Waals surface area contributed by atoms with Gasteiger partial charge in [0.25, 0.3) is 0 Å². The van der Waals surface area contributed by atoms with Crippen LogP contribution >= 0.6 is 11.8 Å². The van der Waals surface area contributed by atoms with E-state index >= 15 is 0 Å². The molecule has 1 aromatic rings. The van der Waals surface area contributed by atoms with E-state index in [2.05, 4.69) is 57.7 Å². The fraction of sp³-hybridized carbons (Fsp3) is 0.647. The number of hydrogen-bond acceptors (Lipinski definition) is 2. The molecule has 108 valence electrons. The molecule has 0 heterocycles. The third kappa shape index (κ3) is 7.03. The smallest absolute Gasteiger partial charge is 0.0184 e. The molecule has 2 heteroatoms. The van der Waals surface area contributed by atoms with Gasteiger partial charge in [-0.15, -0.1) is 0 Å². The minimum Gasteiger partial charge on any atom is -0.330 e. The van der Waals surface area contributed by atoms with Crippen LogP contribution in [0.25, 0.3) is 0 Å². The highest BCUT2D eigenvalue weighted by Crippen LogP contribution is 2.23. The van der Waals surface area contributed by atoms with E-state index < -0.39 is 0 Å². The van der Waals surface area contributed by atoms with Gasteiger partial charge in [-0.1, -0.05) is 49.6 Å². The predicted octanol–water partition coefficient (Wildman–Crippen LogP) is 4.69. The van der Waals surface area contributed by atoms with Gasteiger partial charge in [0.1, 0.15) is 0 Å². The van der Waals surface area contributed by atoms with Crippen LogP contribution in [0.3, 0.4) is 0 Å². The lowest BCUT2D eigenvalue weighted by Gasteiger charge is -2.21. The minimum atomic E-state index is 0.318. The first kappa shape index (κ1) is 16.6. The monoisotopic (exact) mass is 279 g/mol. The molecule has 0 saturated carbocycles. The zero-order valence-corrected chi connectivity index (χ0v) is 13.8. The van der Waals surface area contributed by atoms with Crippen LogP contribution in [-0.2, 0) is 5.75 Å². The predicted molar refractivity (Wildman–Crippen MR) is 88.8 cm³/mol. The number of unbranched alkanes of at least 4 members (excludes halogenated alkanes) is 1. The molecular weight excluding hydrogens is 250 g/mol. The average molecular weight is 279 g/mol. The topological polar surface area (TPSA) is 26.0 Å². The molecule has 0 atom stereocenters. The summed E-state index contributed by atoms with van der Waals surface area (Å²) in [6, 6.07) is 6.85. The zero-order chi connectivity index (χ0) is 14.3. The highest BCUT2D eigenvalue weighted by molar-refractivity contribution is 7.98. The van der Waals surface area contributed by atoms with Gasteiger partial charge in [0, 0.05) is 5.75 Å². The number of aryl methyl sites for hydroxylation is 2. The van der Waals surface area contributed by atoms with Crippen molar-refractivity contribution in [3.05, 3.63) is 34.9 Å². The van der Waals surface area contributed by atoms with Gasteiger partial charge in [-0.05, 0) is 50.0 Å². The summed E-state index contributed by atoms with van der Waals surface area (Å²) >= 11 is 2.05. The summed E-state index contributed by atoms with van der Waals surface area (Å²) in [6.07, 6.45) is 3.84. The molecule has 2 N–H and O–H groups in total. The zero-order valence-electron chi connectivity index (χ0n) is 13.0. The Labute approximate surface area is 123 Å². The van der Waals surface area contributed by atoms with E-state index in [1.807, 2.05) is 0 Å². The quantitative estimate of drug-likeness (QED) is 0.698. The standard InChI is InChI=1S/C17H29NS/c1-14-9-15(2)11-16(10-14)12-19-8-6-5-7-17(3,4)13-18/h9-11H,5-8,12-13,18H2,1-4H3. The second-order valence-corrected chi connectivity index (χ2v) is 7.48. The first-order valence-corrected chi connectivity index (χ1v) is 8.43. The van der Waals surface area contributed by atoms with Crippen LogP contribution in [0, 0.1) is 19.3 Å². The summed E-state index contributed by atoms with van der Waals surface area (Å²) in [5.74, 6) is 2.40. The maximum Gasteiger partial charge on any atom is 0.0184 e. The van der Waals surface area contributed by atoms with Crippen molar-refractivity contribution in [2.45, 2.75) is 52.7 Å². The SMILES string of the molecule is Cc1cc(C)cc(CSCCCCC(C)(C)CN)c1. The van der Waals surface area contributed by atoms with Gasteiger partial charge < -0.3 is 5.73 Å². The number of nitrogens with two attached hydrogens (primary N) is 1. The van der Waals surface area contributed by atoms with Crippen molar-refractivity contribution in [3.63, 3.8) is 0 Å². The van der Waals surface area contributed by atoms with Crippen LogP contribution in [-0.4, -0.2) is 12.3 Å². The van der Waals surface area contributed by atoms with E-state index in [0.29, 0.717) is 5.41 Å². The minimum absolute atomic E-state index is 0.318. The largest absolute Gasteiger partial charge is 0.330 e. The van der Waals surface area contributed by atoms with E-state index in [4.69, 9.17) is 5.73 Å². The summed E-state index contributed by atoms with van der Waals surface area (Å²) in [4.78, 5) is 0. The molecule has 0 spiro atoms. The lowest BCUT2D eigenvalue weighted by molar-refractivity contribution is 0.336. The summed E-state index contributed by atoms with van der Waals surface area (Å²) in [6.45, 7) is 9.67. The third-order valence-corrected chi connectivity index (χ3v) is 4.61. The summed E-state index contributed by atoms with van der Waals surface area (Å²) in [5.41, 5.74) is 10.3. The summed E-state index contributed by atoms with van der Waals surface area (Å²) in [7, 11) is 0. The van der Waals surface area contributed by atoms with Gasteiger partial charge in [-0.2, -0.15) is 11.8 Å². The molecule has 0 aliphatic rings. The molecule has 19 heavy (non-hydrogen) atoms. The summed E-state index contributed by atoms with van der Waals surface area (Å²) < 4.78 is 0. The highest BCUT2D eigenvalue weighted by Gasteiger charge is 2.14. The van der Waals surface area contributed by atoms with Crippen molar-refractivity contribution < 1.29 is 0 Å². The number of hydrogen-bond donors (Lipinski definition) is 1. The van der Waals surface area contributed by atoms with Crippen LogP contribution in [0.15, 0.2) is 18.2 Å². The highest BCUT2D eigenvalue weighted by atomic mass is 32.2. The molecule has 0 aliphatic carbocycles. The molecule has 1 nitrogen and oxygen atoms in total. The van der Waals surface area contributed by atoms with Crippen LogP contribution in [0.4, 0.5) is 0 Å². The Balaban J connectivity index is 2.17. The molecule has 1 aromatic carbocycles. The van der Waals surface area contributed by atoms with Crippen LogP contribution in [0.2, 0.25) is 0 Å². The molecule has 0 fully saturated rings. The fourth-order valence-electron chi connectivity index (χ4n) is 2.25. The number of benzene rings is 1. The Bertz CT molecular complexity index is 365.